The topological polar surface area (TPSA) is 84.9 Å². The van der Waals surface area contributed by atoms with Gasteiger partial charge in [0.05, 0.1) is 0 Å². The van der Waals surface area contributed by atoms with Crippen molar-refractivity contribution in [2.24, 2.45) is 0 Å². The molecular weight excluding hydrogens is 163 g/mol. The molecule has 0 saturated heterocycles. The summed E-state index contributed by atoms with van der Waals surface area (Å²) in [4.78, 5) is 8.42. The fourth-order valence-corrected chi connectivity index (χ4v) is 1.06. The molecule has 56 valence electrons. The minimum atomic E-state index is -2.29. The van der Waals surface area contributed by atoms with Crippen LogP contribution in [-0.4, -0.2) is 11.1 Å². The van der Waals surface area contributed by atoms with Gasteiger partial charge in [0.2, 0.25) is 6.16 Å². The predicted molar refractivity (Wildman–Crippen MR) is 38.6 cm³/mol. The molecule has 4 nitrogen and oxygen atoms in total. The van der Waals surface area contributed by atoms with Crippen molar-refractivity contribution >= 4 is 8.03 Å². The third kappa shape index (κ3) is 3.47. The Balaban J connectivity index is 4.56. The Morgan fingerprint density at radius 3 is 2.27 bits per heavy atom. The highest BCUT2D eigenvalue weighted by molar-refractivity contribution is 7.38. The molecule has 0 aromatic rings. The molecule has 0 saturated carbocycles. The lowest BCUT2D eigenvalue weighted by atomic mass is 10.2. The van der Waals surface area contributed by atoms with Gasteiger partial charge in [-0.25, -0.2) is 0 Å². The van der Waals surface area contributed by atoms with Crippen LogP contribution in [0.3, 0.4) is 0 Å². The lowest BCUT2D eigenvalue weighted by Crippen LogP contribution is -1.86. The van der Waals surface area contributed by atoms with Gasteiger partial charge >= 0.3 is 8.03 Å². The van der Waals surface area contributed by atoms with Crippen LogP contribution in [0.2, 0.25) is 0 Å². The maximum Gasteiger partial charge on any atom is 0.510 e. The molecule has 0 amide bonds. The SMILES string of the molecule is CC(C[P+](=O)O)=C(C#N)C#N. The van der Waals surface area contributed by atoms with Crippen LogP contribution in [-0.2, 0) is 4.57 Å². The number of nitrogens with zero attached hydrogens (tertiary/aromatic N) is 2. The molecule has 0 aromatic carbocycles. The Morgan fingerprint density at radius 2 is 2.00 bits per heavy atom. The van der Waals surface area contributed by atoms with E-state index in [9.17, 15) is 4.57 Å². The smallest absolute Gasteiger partial charge is 0.192 e. The number of rotatable bonds is 2. The van der Waals surface area contributed by atoms with Gasteiger partial charge in [-0.2, -0.15) is 15.4 Å². The molecule has 0 bridgehead atoms. The fraction of sp³-hybridized carbons (Fsp3) is 0.333. The van der Waals surface area contributed by atoms with Gasteiger partial charge in [0.1, 0.15) is 17.7 Å². The second-order valence-corrected chi connectivity index (χ2v) is 2.91. The van der Waals surface area contributed by atoms with Gasteiger partial charge in [-0.3, -0.25) is 0 Å². The first-order valence-corrected chi connectivity index (χ1v) is 4.15. The first kappa shape index (κ1) is 9.78. The lowest BCUT2D eigenvalue weighted by Gasteiger charge is -1.85. The van der Waals surface area contributed by atoms with E-state index >= 15 is 0 Å². The second kappa shape index (κ2) is 4.57. The van der Waals surface area contributed by atoms with Crippen molar-refractivity contribution in [3.8, 4) is 12.1 Å². The summed E-state index contributed by atoms with van der Waals surface area (Å²) in [5, 5.41) is 16.6. The minimum Gasteiger partial charge on any atom is -0.192 e. The zero-order valence-corrected chi connectivity index (χ0v) is 6.80. The van der Waals surface area contributed by atoms with Crippen LogP contribution in [0.4, 0.5) is 0 Å². The van der Waals surface area contributed by atoms with E-state index in [-0.39, 0.29) is 11.7 Å². The molecular formula is C6H6N2O2P+. The largest absolute Gasteiger partial charge is 0.510 e. The van der Waals surface area contributed by atoms with E-state index in [4.69, 9.17) is 15.4 Å². The van der Waals surface area contributed by atoms with E-state index in [0.717, 1.165) is 0 Å². The van der Waals surface area contributed by atoms with Crippen molar-refractivity contribution in [3.05, 3.63) is 11.1 Å². The van der Waals surface area contributed by atoms with Crippen LogP contribution >= 0.6 is 8.03 Å². The van der Waals surface area contributed by atoms with Crippen molar-refractivity contribution in [1.29, 1.82) is 10.5 Å². The molecule has 0 aliphatic carbocycles. The molecule has 0 aliphatic rings. The van der Waals surface area contributed by atoms with Crippen LogP contribution in [0, 0.1) is 22.7 Å². The zero-order chi connectivity index (χ0) is 8.85. The lowest BCUT2D eigenvalue weighted by molar-refractivity contribution is 0.505. The number of hydrogen-bond acceptors (Lipinski definition) is 3. The zero-order valence-electron chi connectivity index (χ0n) is 5.90. The van der Waals surface area contributed by atoms with Crippen LogP contribution in [0.15, 0.2) is 11.1 Å². The van der Waals surface area contributed by atoms with E-state index in [0.29, 0.717) is 5.57 Å². The maximum absolute atomic E-state index is 10.2. The van der Waals surface area contributed by atoms with Gasteiger partial charge in [-0.1, -0.05) is 0 Å². The van der Waals surface area contributed by atoms with E-state index in [1.54, 1.807) is 12.1 Å². The van der Waals surface area contributed by atoms with Gasteiger partial charge in [-0.15, -0.1) is 0 Å². The summed E-state index contributed by atoms with van der Waals surface area (Å²) in [6.07, 6.45) is -0.105. The van der Waals surface area contributed by atoms with Crippen LogP contribution in [0.1, 0.15) is 6.92 Å². The van der Waals surface area contributed by atoms with Crippen molar-refractivity contribution in [2.75, 3.05) is 6.16 Å². The summed E-state index contributed by atoms with van der Waals surface area (Å²) >= 11 is 0. The highest BCUT2D eigenvalue weighted by atomic mass is 31.1. The molecule has 1 atom stereocenters. The van der Waals surface area contributed by atoms with Crippen LogP contribution in [0.5, 0.6) is 0 Å². The molecule has 1 unspecified atom stereocenters. The van der Waals surface area contributed by atoms with Crippen molar-refractivity contribution in [3.63, 3.8) is 0 Å². The molecule has 5 heteroatoms. The Bertz CT molecular complexity index is 266. The van der Waals surface area contributed by atoms with E-state index in [2.05, 4.69) is 0 Å². The Kier molecular flexibility index (Phi) is 4.07. The monoisotopic (exact) mass is 169 g/mol. The molecule has 0 spiro atoms. The number of hydrogen-bond donors (Lipinski definition) is 1. The summed E-state index contributed by atoms with van der Waals surface area (Å²) in [6.45, 7) is 1.49. The Hall–Kier alpha value is -1.22. The molecule has 0 rings (SSSR count). The second-order valence-electron chi connectivity index (χ2n) is 1.89. The minimum absolute atomic E-state index is 0.0811. The standard InChI is InChI=1S/C6H5N2O2P/c1-5(4-11(9)10)6(2-7)3-8/h4H2,1H3/p+1. The van der Waals surface area contributed by atoms with Crippen LogP contribution in [0.25, 0.3) is 0 Å². The summed E-state index contributed by atoms with van der Waals surface area (Å²) in [5.41, 5.74) is 0.279. The third-order valence-electron chi connectivity index (χ3n) is 1.02. The molecule has 0 aliphatic heterocycles. The fourth-order valence-electron chi connectivity index (χ4n) is 0.498. The van der Waals surface area contributed by atoms with Crippen molar-refractivity contribution in [2.45, 2.75) is 6.92 Å². The van der Waals surface area contributed by atoms with E-state index in [1.807, 2.05) is 0 Å². The third-order valence-corrected chi connectivity index (χ3v) is 1.77. The number of nitriles is 2. The highest BCUT2D eigenvalue weighted by Crippen LogP contribution is 2.19. The van der Waals surface area contributed by atoms with Crippen molar-refractivity contribution < 1.29 is 9.46 Å². The number of allylic oxidation sites excluding steroid dienone is 2. The average Bonchev–Trinajstić information content (AvgIpc) is 1.88. The summed E-state index contributed by atoms with van der Waals surface area (Å²) in [7, 11) is -2.29. The molecule has 11 heavy (non-hydrogen) atoms. The first-order chi connectivity index (χ1) is 5.11. The van der Waals surface area contributed by atoms with Gasteiger partial charge in [0.25, 0.3) is 0 Å². The van der Waals surface area contributed by atoms with Gasteiger partial charge in [-0.05, 0) is 11.5 Å². The highest BCUT2D eigenvalue weighted by Gasteiger charge is 2.14. The summed E-state index contributed by atoms with van der Waals surface area (Å²) in [6, 6.07) is 3.27. The Labute approximate surface area is 65.2 Å². The van der Waals surface area contributed by atoms with Gasteiger partial charge in [0, 0.05) is 5.57 Å². The van der Waals surface area contributed by atoms with E-state index in [1.165, 1.54) is 6.92 Å². The molecule has 1 N–H and O–H groups in total. The van der Waals surface area contributed by atoms with Gasteiger partial charge < -0.3 is 0 Å². The van der Waals surface area contributed by atoms with E-state index < -0.39 is 8.03 Å². The maximum atomic E-state index is 10.2. The molecule has 0 radical (unpaired) electrons. The Morgan fingerprint density at radius 1 is 1.55 bits per heavy atom. The molecule has 0 fully saturated rings. The molecule has 0 aromatic heterocycles. The quantitative estimate of drug-likeness (QED) is 0.495. The molecule has 0 heterocycles. The normalized spacial score (nSPS) is 9.27. The predicted octanol–water partition coefficient (Wildman–Crippen LogP) is 1.08. The van der Waals surface area contributed by atoms with Gasteiger partial charge in [0.15, 0.2) is 0 Å². The first-order valence-electron chi connectivity index (χ1n) is 2.75. The summed E-state index contributed by atoms with van der Waals surface area (Å²) < 4.78 is 10.2. The van der Waals surface area contributed by atoms with Crippen LogP contribution < -0.4 is 0 Å². The average molecular weight is 169 g/mol. The van der Waals surface area contributed by atoms with Crippen molar-refractivity contribution in [1.82, 2.24) is 0 Å². The summed E-state index contributed by atoms with van der Waals surface area (Å²) in [5.74, 6) is 0.